The van der Waals surface area contributed by atoms with Crippen LogP contribution in [0.5, 0.6) is 0 Å². The highest BCUT2D eigenvalue weighted by molar-refractivity contribution is 5.80. The van der Waals surface area contributed by atoms with Crippen LogP contribution < -0.4 is 11.1 Å². The van der Waals surface area contributed by atoms with E-state index in [1.165, 1.54) is 0 Å². The van der Waals surface area contributed by atoms with E-state index in [1.54, 1.807) is 0 Å². The van der Waals surface area contributed by atoms with Crippen LogP contribution in [-0.2, 0) is 4.79 Å². The van der Waals surface area contributed by atoms with E-state index in [-0.39, 0.29) is 11.9 Å². The van der Waals surface area contributed by atoms with Crippen LogP contribution in [0.25, 0.3) is 0 Å². The van der Waals surface area contributed by atoms with Crippen LogP contribution in [0.15, 0.2) is 12.2 Å². The van der Waals surface area contributed by atoms with Crippen LogP contribution in [0, 0.1) is 0 Å². The van der Waals surface area contributed by atoms with Crippen LogP contribution >= 0.6 is 0 Å². The Kier molecular flexibility index (Phi) is 1.30. The van der Waals surface area contributed by atoms with Gasteiger partial charge < -0.3 is 11.1 Å². The first-order chi connectivity index (χ1) is 3.80. The third-order valence-corrected chi connectivity index (χ3v) is 1.20. The second kappa shape index (κ2) is 1.96. The fourth-order valence-electron chi connectivity index (χ4n) is 0.740. The number of primary amides is 1. The maximum absolute atomic E-state index is 10.3. The fraction of sp³-hybridized carbons (Fsp3) is 0.400. The molecule has 1 aliphatic heterocycles. The van der Waals surface area contributed by atoms with E-state index >= 15 is 0 Å². The van der Waals surface area contributed by atoms with Gasteiger partial charge in [-0.05, 0) is 12.2 Å². The van der Waals surface area contributed by atoms with Gasteiger partial charge in [0.1, 0.15) is 0 Å². The number of hydrogen-bond donors (Lipinski definition) is 2. The molecule has 0 aliphatic carbocycles. The predicted molar refractivity (Wildman–Crippen MR) is 28.9 cm³/mol. The topological polar surface area (TPSA) is 59.7 Å². The second-order valence-electron chi connectivity index (χ2n) is 1.83. The van der Waals surface area contributed by atoms with Gasteiger partial charge in [-0.3, -0.25) is 4.79 Å². The minimum Gasteiger partial charge on any atom is -0.364 e. The van der Waals surface area contributed by atoms with E-state index in [4.69, 9.17) is 5.73 Å². The predicted octanol–water partition coefficient (Wildman–Crippen LogP) is -2.03. The summed E-state index contributed by atoms with van der Waals surface area (Å²) in [5, 5.41) is 1.89. The van der Waals surface area contributed by atoms with Gasteiger partial charge >= 0.3 is 0 Å². The molecule has 1 rings (SSSR count). The van der Waals surface area contributed by atoms with Crippen LogP contribution in [-0.4, -0.2) is 18.5 Å². The average molecular weight is 113 g/mol. The summed E-state index contributed by atoms with van der Waals surface area (Å²) in [4.78, 5) is 10.3. The first-order valence-corrected chi connectivity index (χ1v) is 2.60. The zero-order valence-corrected chi connectivity index (χ0v) is 4.50. The highest BCUT2D eigenvalue weighted by Crippen LogP contribution is 1.81. The molecule has 0 fully saturated rings. The zero-order chi connectivity index (χ0) is 5.98. The van der Waals surface area contributed by atoms with Crippen molar-refractivity contribution >= 4 is 5.91 Å². The third kappa shape index (κ3) is 0.869. The lowest BCUT2D eigenvalue weighted by atomic mass is 10.3. The number of rotatable bonds is 1. The van der Waals surface area contributed by atoms with Gasteiger partial charge in [-0.25, -0.2) is 0 Å². The lowest BCUT2D eigenvalue weighted by Crippen LogP contribution is -2.89. The second-order valence-corrected chi connectivity index (χ2v) is 1.83. The van der Waals surface area contributed by atoms with Gasteiger partial charge in [-0.2, -0.15) is 0 Å². The zero-order valence-electron chi connectivity index (χ0n) is 4.50. The van der Waals surface area contributed by atoms with Crippen LogP contribution in [0.1, 0.15) is 0 Å². The molecule has 0 saturated carbocycles. The normalized spacial score (nSPS) is 26.2. The molecule has 0 spiro atoms. The maximum Gasteiger partial charge on any atom is 0.279 e. The Morgan fingerprint density at radius 2 is 2.62 bits per heavy atom. The number of nitrogens with two attached hydrogens (primary N) is 2. The minimum atomic E-state index is -0.251. The summed E-state index contributed by atoms with van der Waals surface area (Å²) in [6.45, 7) is 0.883. The third-order valence-electron chi connectivity index (χ3n) is 1.20. The highest BCUT2D eigenvalue weighted by atomic mass is 16.1. The molecule has 8 heavy (non-hydrogen) atoms. The Balaban J connectivity index is 2.48. The van der Waals surface area contributed by atoms with Crippen molar-refractivity contribution in [2.45, 2.75) is 6.04 Å². The molecular weight excluding hydrogens is 104 g/mol. The van der Waals surface area contributed by atoms with E-state index in [0.29, 0.717) is 0 Å². The first kappa shape index (κ1) is 5.31. The smallest absolute Gasteiger partial charge is 0.279 e. The van der Waals surface area contributed by atoms with Gasteiger partial charge in [-0.1, -0.05) is 0 Å². The Bertz CT molecular complexity index is 130. The van der Waals surface area contributed by atoms with Crippen molar-refractivity contribution in [3.63, 3.8) is 0 Å². The van der Waals surface area contributed by atoms with Crippen molar-refractivity contribution in [2.75, 3.05) is 6.54 Å². The molecule has 1 aliphatic rings. The highest BCUT2D eigenvalue weighted by Gasteiger charge is 2.16. The summed E-state index contributed by atoms with van der Waals surface area (Å²) in [7, 11) is 0. The molecular formula is C5H9N2O+. The number of quaternary nitrogens is 1. The van der Waals surface area contributed by atoms with E-state index in [0.717, 1.165) is 6.54 Å². The van der Waals surface area contributed by atoms with E-state index in [9.17, 15) is 4.79 Å². The number of carbonyl (C=O) groups is 1. The van der Waals surface area contributed by atoms with E-state index < -0.39 is 0 Å². The molecule has 3 nitrogen and oxygen atoms in total. The molecule has 1 atom stereocenters. The molecule has 44 valence electrons. The van der Waals surface area contributed by atoms with Gasteiger partial charge in [0.05, 0.1) is 6.54 Å². The lowest BCUT2D eigenvalue weighted by molar-refractivity contribution is -0.651. The van der Waals surface area contributed by atoms with Crippen molar-refractivity contribution in [1.82, 2.24) is 0 Å². The van der Waals surface area contributed by atoms with E-state index in [2.05, 4.69) is 0 Å². The Morgan fingerprint density at radius 3 is 2.88 bits per heavy atom. The Labute approximate surface area is 47.6 Å². The van der Waals surface area contributed by atoms with Crippen molar-refractivity contribution in [3.8, 4) is 0 Å². The van der Waals surface area contributed by atoms with Crippen molar-refractivity contribution in [3.05, 3.63) is 12.2 Å². The maximum atomic E-state index is 10.3. The van der Waals surface area contributed by atoms with Crippen LogP contribution in [0.4, 0.5) is 0 Å². The van der Waals surface area contributed by atoms with Crippen LogP contribution in [0.3, 0.4) is 0 Å². The molecule has 0 radical (unpaired) electrons. The molecule has 1 amide bonds. The quantitative estimate of drug-likeness (QED) is 0.379. The molecule has 0 aromatic rings. The van der Waals surface area contributed by atoms with Gasteiger partial charge in [0.2, 0.25) is 0 Å². The SMILES string of the molecule is NC(=O)[C@@H]1C=CC[NH2+]1. The Hall–Kier alpha value is -0.830. The molecule has 0 unspecified atom stereocenters. The van der Waals surface area contributed by atoms with Gasteiger partial charge in [-0.15, -0.1) is 0 Å². The van der Waals surface area contributed by atoms with Crippen molar-refractivity contribution in [1.29, 1.82) is 0 Å². The average Bonchev–Trinajstić information content (AvgIpc) is 2.12. The van der Waals surface area contributed by atoms with Crippen LogP contribution in [0.2, 0.25) is 0 Å². The lowest BCUT2D eigenvalue weighted by Gasteiger charge is -1.96. The van der Waals surface area contributed by atoms with Gasteiger partial charge in [0.25, 0.3) is 5.91 Å². The summed E-state index contributed by atoms with van der Waals surface area (Å²) < 4.78 is 0. The first-order valence-electron chi connectivity index (χ1n) is 2.60. The molecule has 0 bridgehead atoms. The van der Waals surface area contributed by atoms with Crippen molar-refractivity contribution in [2.24, 2.45) is 5.73 Å². The summed E-state index contributed by atoms with van der Waals surface area (Å²) in [6, 6.07) is -0.102. The standard InChI is InChI=1S/C5H8N2O/c6-5(8)4-2-1-3-7-4/h1-2,4,7H,3H2,(H2,6,8)/p+1/t4-/m0/s1. The molecule has 3 heteroatoms. The molecule has 1 heterocycles. The summed E-state index contributed by atoms with van der Waals surface area (Å²) in [5.41, 5.74) is 4.98. The minimum absolute atomic E-state index is 0.102. The number of carbonyl (C=O) groups excluding carboxylic acids is 1. The summed E-state index contributed by atoms with van der Waals surface area (Å²) >= 11 is 0. The van der Waals surface area contributed by atoms with Crippen molar-refractivity contribution < 1.29 is 10.1 Å². The van der Waals surface area contributed by atoms with Gasteiger partial charge in [0, 0.05) is 0 Å². The summed E-state index contributed by atoms with van der Waals surface area (Å²) in [6.07, 6.45) is 3.76. The molecule has 0 aromatic heterocycles. The monoisotopic (exact) mass is 113 g/mol. The van der Waals surface area contributed by atoms with E-state index in [1.807, 2.05) is 17.5 Å². The Morgan fingerprint density at radius 1 is 1.88 bits per heavy atom. The number of hydrogen-bond acceptors (Lipinski definition) is 1. The molecule has 0 saturated heterocycles. The summed E-state index contributed by atoms with van der Waals surface area (Å²) in [5.74, 6) is -0.251. The number of amides is 1. The fourth-order valence-corrected chi connectivity index (χ4v) is 0.740. The van der Waals surface area contributed by atoms with Gasteiger partial charge in [0.15, 0.2) is 6.04 Å². The molecule has 0 aromatic carbocycles. The molecule has 4 N–H and O–H groups in total. The largest absolute Gasteiger partial charge is 0.364 e.